The minimum absolute atomic E-state index is 0.139. The summed E-state index contributed by atoms with van der Waals surface area (Å²) in [7, 11) is 1.60. The Labute approximate surface area is 133 Å². The second-order valence-corrected chi connectivity index (χ2v) is 6.10. The van der Waals surface area contributed by atoms with Gasteiger partial charge in [0, 0.05) is 16.1 Å². The molecular weight excluding hydrogens is 334 g/mol. The summed E-state index contributed by atoms with van der Waals surface area (Å²) < 4.78 is 6.18. The zero-order valence-corrected chi connectivity index (χ0v) is 13.6. The monoisotopic (exact) mass is 353 g/mol. The fourth-order valence-electron chi connectivity index (χ4n) is 2.51. The Bertz CT molecular complexity index is 530. The van der Waals surface area contributed by atoms with E-state index >= 15 is 0 Å². The Morgan fingerprint density at radius 1 is 1.43 bits per heavy atom. The lowest BCUT2D eigenvalue weighted by molar-refractivity contribution is -0.118. The molecule has 2 rings (SSSR count). The highest BCUT2D eigenvalue weighted by Gasteiger charge is 2.23. The van der Waals surface area contributed by atoms with E-state index < -0.39 is 6.10 Å². The molecule has 5 heteroatoms. The highest BCUT2D eigenvalue weighted by atomic mass is 79.9. The van der Waals surface area contributed by atoms with Crippen LogP contribution in [0.5, 0.6) is 5.75 Å². The Kier molecular flexibility index (Phi) is 5.82. The maximum atomic E-state index is 12.0. The van der Waals surface area contributed by atoms with Gasteiger partial charge < -0.3 is 15.2 Å². The van der Waals surface area contributed by atoms with Crippen LogP contribution >= 0.6 is 15.9 Å². The van der Waals surface area contributed by atoms with Crippen molar-refractivity contribution in [3.8, 4) is 5.75 Å². The molecule has 21 heavy (non-hydrogen) atoms. The Hall–Kier alpha value is -1.33. The van der Waals surface area contributed by atoms with Crippen molar-refractivity contribution in [3.63, 3.8) is 0 Å². The van der Waals surface area contributed by atoms with Crippen molar-refractivity contribution in [1.82, 2.24) is 5.32 Å². The smallest absolute Gasteiger partial charge is 0.244 e. The van der Waals surface area contributed by atoms with Crippen LogP contribution in [0.1, 0.15) is 31.2 Å². The number of aliphatic hydroxyl groups is 1. The molecule has 1 aromatic rings. The molecule has 2 N–H and O–H groups in total. The van der Waals surface area contributed by atoms with Gasteiger partial charge in [0.25, 0.3) is 0 Å². The third-order valence-corrected chi connectivity index (χ3v) is 4.16. The van der Waals surface area contributed by atoms with Gasteiger partial charge in [0.2, 0.25) is 5.91 Å². The molecular formula is C16H20BrNO3. The van der Waals surface area contributed by atoms with Crippen molar-refractivity contribution in [1.29, 1.82) is 0 Å². The largest absolute Gasteiger partial charge is 0.496 e. The summed E-state index contributed by atoms with van der Waals surface area (Å²) in [6, 6.07) is 5.47. The molecule has 2 atom stereocenters. The molecule has 0 aromatic heterocycles. The molecule has 1 saturated carbocycles. The molecule has 0 heterocycles. The number of carbonyl (C=O) groups excluding carboxylic acids is 1. The zero-order valence-electron chi connectivity index (χ0n) is 12.0. The van der Waals surface area contributed by atoms with E-state index in [1.165, 1.54) is 6.08 Å². The van der Waals surface area contributed by atoms with E-state index in [-0.39, 0.29) is 11.9 Å². The van der Waals surface area contributed by atoms with Crippen molar-refractivity contribution >= 4 is 27.9 Å². The number of methoxy groups -OCH3 is 1. The number of carbonyl (C=O) groups is 1. The summed E-state index contributed by atoms with van der Waals surface area (Å²) in [5.41, 5.74) is 0.825. The summed E-state index contributed by atoms with van der Waals surface area (Å²) in [5, 5.41) is 12.7. The van der Waals surface area contributed by atoms with E-state index in [9.17, 15) is 9.90 Å². The number of hydrogen-bond acceptors (Lipinski definition) is 3. The maximum Gasteiger partial charge on any atom is 0.244 e. The molecule has 0 bridgehead atoms. The van der Waals surface area contributed by atoms with E-state index in [0.717, 1.165) is 35.7 Å². The van der Waals surface area contributed by atoms with Crippen LogP contribution in [0, 0.1) is 0 Å². The van der Waals surface area contributed by atoms with Gasteiger partial charge in [-0.25, -0.2) is 0 Å². The predicted octanol–water partition coefficient (Wildman–Crippen LogP) is 2.89. The first-order chi connectivity index (χ1) is 10.1. The molecule has 0 unspecified atom stereocenters. The lowest BCUT2D eigenvalue weighted by Crippen LogP contribution is -2.44. The third kappa shape index (κ3) is 4.58. The second-order valence-electron chi connectivity index (χ2n) is 5.19. The van der Waals surface area contributed by atoms with Gasteiger partial charge in [-0.3, -0.25) is 4.79 Å². The molecule has 1 fully saturated rings. The lowest BCUT2D eigenvalue weighted by Gasteiger charge is -2.27. The average molecular weight is 354 g/mol. The first kappa shape index (κ1) is 16.0. The van der Waals surface area contributed by atoms with Crippen LogP contribution in [-0.2, 0) is 4.79 Å². The van der Waals surface area contributed by atoms with Gasteiger partial charge in [-0.1, -0.05) is 28.8 Å². The molecule has 114 valence electrons. The van der Waals surface area contributed by atoms with Crippen molar-refractivity contribution in [2.24, 2.45) is 0 Å². The van der Waals surface area contributed by atoms with Gasteiger partial charge in [0.15, 0.2) is 0 Å². The highest BCUT2D eigenvalue weighted by molar-refractivity contribution is 9.10. The van der Waals surface area contributed by atoms with Crippen molar-refractivity contribution in [2.45, 2.75) is 37.8 Å². The number of nitrogens with one attached hydrogen (secondary N) is 1. The topological polar surface area (TPSA) is 58.6 Å². The van der Waals surface area contributed by atoms with E-state index in [4.69, 9.17) is 4.74 Å². The first-order valence-electron chi connectivity index (χ1n) is 7.10. The third-order valence-electron chi connectivity index (χ3n) is 3.66. The average Bonchev–Trinajstić information content (AvgIpc) is 2.48. The van der Waals surface area contributed by atoms with Gasteiger partial charge in [-0.05, 0) is 37.1 Å². The SMILES string of the molecule is COc1ccc(Br)cc1/C=C/C(=O)N[C@H]1CCCC[C@@H]1O. The van der Waals surface area contributed by atoms with E-state index in [1.54, 1.807) is 13.2 Å². The fraction of sp³-hybridized carbons (Fsp3) is 0.438. The van der Waals surface area contributed by atoms with Crippen molar-refractivity contribution < 1.29 is 14.6 Å². The number of ether oxygens (including phenoxy) is 1. The van der Waals surface area contributed by atoms with Crippen LogP contribution in [0.15, 0.2) is 28.7 Å². The normalized spacial score (nSPS) is 22.2. The minimum atomic E-state index is -0.434. The van der Waals surface area contributed by atoms with E-state index in [0.29, 0.717) is 5.75 Å². The van der Waals surface area contributed by atoms with Gasteiger partial charge >= 0.3 is 0 Å². The number of amides is 1. The second kappa shape index (κ2) is 7.61. The van der Waals surface area contributed by atoms with Gasteiger partial charge in [0.1, 0.15) is 5.75 Å². The highest BCUT2D eigenvalue weighted by Crippen LogP contribution is 2.24. The van der Waals surface area contributed by atoms with Crippen LogP contribution < -0.4 is 10.1 Å². The first-order valence-corrected chi connectivity index (χ1v) is 7.89. The Morgan fingerprint density at radius 2 is 2.19 bits per heavy atom. The lowest BCUT2D eigenvalue weighted by atomic mass is 9.92. The molecule has 0 radical (unpaired) electrons. The molecule has 0 aliphatic heterocycles. The van der Waals surface area contributed by atoms with E-state index in [2.05, 4.69) is 21.2 Å². The molecule has 1 aliphatic carbocycles. The number of halogens is 1. The van der Waals surface area contributed by atoms with Crippen LogP contribution in [0.3, 0.4) is 0 Å². The summed E-state index contributed by atoms with van der Waals surface area (Å²) >= 11 is 3.40. The standard InChI is InChI=1S/C16H20BrNO3/c1-21-15-8-7-12(17)10-11(15)6-9-16(20)18-13-4-2-3-5-14(13)19/h6-10,13-14,19H,2-5H2,1H3,(H,18,20)/b9-6+/t13-,14-/m0/s1. The van der Waals surface area contributed by atoms with Crippen molar-refractivity contribution in [3.05, 3.63) is 34.3 Å². The van der Waals surface area contributed by atoms with Crippen molar-refractivity contribution in [2.75, 3.05) is 7.11 Å². The van der Waals surface area contributed by atoms with Crippen LogP contribution in [0.2, 0.25) is 0 Å². The quantitative estimate of drug-likeness (QED) is 0.818. The number of rotatable bonds is 4. The molecule has 0 spiro atoms. The summed E-state index contributed by atoms with van der Waals surface area (Å²) in [6.07, 6.45) is 6.43. The minimum Gasteiger partial charge on any atom is -0.496 e. The molecule has 1 aromatic carbocycles. The molecule has 4 nitrogen and oxygen atoms in total. The maximum absolute atomic E-state index is 12.0. The molecule has 1 amide bonds. The summed E-state index contributed by atoms with van der Waals surface area (Å²) in [5.74, 6) is 0.517. The number of benzene rings is 1. The molecule has 1 aliphatic rings. The predicted molar refractivity (Wildman–Crippen MR) is 86.1 cm³/mol. The van der Waals surface area contributed by atoms with Crippen LogP contribution in [0.4, 0.5) is 0 Å². The summed E-state index contributed by atoms with van der Waals surface area (Å²) in [6.45, 7) is 0. The Balaban J connectivity index is 2.00. The van der Waals surface area contributed by atoms with Gasteiger partial charge in [0.05, 0.1) is 19.3 Å². The van der Waals surface area contributed by atoms with Gasteiger partial charge in [-0.15, -0.1) is 0 Å². The number of hydrogen-bond donors (Lipinski definition) is 2. The van der Waals surface area contributed by atoms with Gasteiger partial charge in [-0.2, -0.15) is 0 Å². The number of aliphatic hydroxyl groups excluding tert-OH is 1. The van der Waals surface area contributed by atoms with E-state index in [1.807, 2.05) is 18.2 Å². The van der Waals surface area contributed by atoms with Crippen LogP contribution in [0.25, 0.3) is 6.08 Å². The fourth-order valence-corrected chi connectivity index (χ4v) is 2.89. The molecule has 0 saturated heterocycles. The van der Waals surface area contributed by atoms with Crippen LogP contribution in [-0.4, -0.2) is 30.3 Å². The summed E-state index contributed by atoms with van der Waals surface area (Å²) in [4.78, 5) is 12.0. The Morgan fingerprint density at radius 3 is 2.90 bits per heavy atom. The zero-order chi connectivity index (χ0) is 15.2.